The van der Waals surface area contributed by atoms with E-state index in [1.165, 1.54) is 0 Å². The molecule has 0 fully saturated rings. The smallest absolute Gasteiger partial charge is 0.154 e. The molecule has 0 aliphatic rings. The van der Waals surface area contributed by atoms with Gasteiger partial charge in [0, 0.05) is 35.1 Å². The van der Waals surface area contributed by atoms with E-state index in [4.69, 9.17) is 5.73 Å². The fourth-order valence-electron chi connectivity index (χ4n) is 2.10. The van der Waals surface area contributed by atoms with Crippen LogP contribution >= 0.6 is 0 Å². The largest absolute Gasteiger partial charge is 0.399 e. The van der Waals surface area contributed by atoms with Gasteiger partial charge in [0.1, 0.15) is 0 Å². The number of hydrogen-bond acceptors (Lipinski definition) is 3. The molecule has 2 N–H and O–H groups in total. The van der Waals surface area contributed by atoms with Gasteiger partial charge in [0.15, 0.2) is 9.84 Å². The van der Waals surface area contributed by atoms with Crippen LogP contribution in [0.15, 0.2) is 24.4 Å². The first-order chi connectivity index (χ1) is 8.46. The van der Waals surface area contributed by atoms with Gasteiger partial charge < -0.3 is 10.3 Å². The number of nitrogen functional groups attached to an aromatic ring is 1. The standard InChI is InChI=1S/C13H18N2O2S/c1-3-15-8-10(9-18(16,17)4-2)12-7-11(14)5-6-13(12)15/h5-8H,3-4,9,14H2,1-2H3. The number of aryl methyl sites for hydroxylation is 1. The van der Waals surface area contributed by atoms with Crippen molar-refractivity contribution in [1.29, 1.82) is 0 Å². The van der Waals surface area contributed by atoms with Gasteiger partial charge in [-0.05, 0) is 30.7 Å². The van der Waals surface area contributed by atoms with E-state index in [0.29, 0.717) is 5.69 Å². The van der Waals surface area contributed by atoms with E-state index in [-0.39, 0.29) is 11.5 Å². The fraction of sp³-hybridized carbons (Fsp3) is 0.385. The van der Waals surface area contributed by atoms with Crippen LogP contribution in [0.3, 0.4) is 0 Å². The maximum atomic E-state index is 11.8. The van der Waals surface area contributed by atoms with E-state index in [9.17, 15) is 8.42 Å². The molecule has 0 aliphatic heterocycles. The van der Waals surface area contributed by atoms with Crippen LogP contribution in [0.5, 0.6) is 0 Å². The van der Waals surface area contributed by atoms with E-state index in [0.717, 1.165) is 23.0 Å². The zero-order valence-corrected chi connectivity index (χ0v) is 11.5. The Bertz CT molecular complexity index is 672. The van der Waals surface area contributed by atoms with E-state index in [1.54, 1.807) is 6.92 Å². The number of hydrogen-bond donors (Lipinski definition) is 1. The molecule has 98 valence electrons. The van der Waals surface area contributed by atoms with E-state index in [2.05, 4.69) is 4.57 Å². The van der Waals surface area contributed by atoms with Gasteiger partial charge in [-0.2, -0.15) is 0 Å². The van der Waals surface area contributed by atoms with Crippen LogP contribution in [0.1, 0.15) is 19.4 Å². The number of nitrogens with two attached hydrogens (primary N) is 1. The van der Waals surface area contributed by atoms with Gasteiger partial charge in [0.2, 0.25) is 0 Å². The van der Waals surface area contributed by atoms with E-state index < -0.39 is 9.84 Å². The van der Waals surface area contributed by atoms with Gasteiger partial charge in [0.05, 0.1) is 5.75 Å². The SMILES string of the molecule is CCn1cc(CS(=O)(=O)CC)c2cc(N)ccc21. The molecule has 0 aliphatic carbocycles. The molecule has 1 aromatic heterocycles. The lowest BCUT2D eigenvalue weighted by Gasteiger charge is -2.01. The normalized spacial score (nSPS) is 12.1. The number of rotatable bonds is 4. The molecule has 18 heavy (non-hydrogen) atoms. The second kappa shape index (κ2) is 4.65. The molecule has 0 saturated heterocycles. The molecule has 4 nitrogen and oxygen atoms in total. The number of aromatic nitrogens is 1. The van der Waals surface area contributed by atoms with Crippen LogP contribution in [-0.2, 0) is 22.1 Å². The summed E-state index contributed by atoms with van der Waals surface area (Å²) in [5.41, 5.74) is 8.31. The number of anilines is 1. The Morgan fingerprint density at radius 2 is 2.00 bits per heavy atom. The van der Waals surface area contributed by atoms with Crippen molar-refractivity contribution in [3.63, 3.8) is 0 Å². The number of sulfone groups is 1. The molecular formula is C13H18N2O2S. The Hall–Kier alpha value is -1.49. The summed E-state index contributed by atoms with van der Waals surface area (Å²) in [6, 6.07) is 5.63. The van der Waals surface area contributed by atoms with Gasteiger partial charge in [-0.3, -0.25) is 0 Å². The Morgan fingerprint density at radius 1 is 1.28 bits per heavy atom. The van der Waals surface area contributed by atoms with Gasteiger partial charge in [-0.25, -0.2) is 8.42 Å². The summed E-state index contributed by atoms with van der Waals surface area (Å²) in [7, 11) is -3.03. The molecule has 2 aromatic rings. The summed E-state index contributed by atoms with van der Waals surface area (Å²) in [6.07, 6.45) is 1.91. The zero-order valence-electron chi connectivity index (χ0n) is 10.7. The van der Waals surface area contributed by atoms with Gasteiger partial charge in [0.25, 0.3) is 0 Å². The van der Waals surface area contributed by atoms with Crippen molar-refractivity contribution in [3.05, 3.63) is 30.0 Å². The van der Waals surface area contributed by atoms with Crippen molar-refractivity contribution in [1.82, 2.24) is 4.57 Å². The third kappa shape index (κ3) is 2.36. The second-order valence-electron chi connectivity index (χ2n) is 4.39. The maximum Gasteiger partial charge on any atom is 0.154 e. The Labute approximate surface area is 107 Å². The highest BCUT2D eigenvalue weighted by Crippen LogP contribution is 2.25. The summed E-state index contributed by atoms with van der Waals surface area (Å²) in [6.45, 7) is 4.52. The molecular weight excluding hydrogens is 248 g/mol. The van der Waals surface area contributed by atoms with E-state index >= 15 is 0 Å². The molecule has 0 unspecified atom stereocenters. The van der Waals surface area contributed by atoms with E-state index in [1.807, 2.05) is 31.3 Å². The minimum absolute atomic E-state index is 0.0798. The molecule has 2 rings (SSSR count). The lowest BCUT2D eigenvalue weighted by Crippen LogP contribution is -2.06. The van der Waals surface area contributed by atoms with Crippen molar-refractivity contribution >= 4 is 26.4 Å². The first-order valence-electron chi connectivity index (χ1n) is 6.04. The predicted octanol–water partition coefficient (Wildman–Crippen LogP) is 2.18. The van der Waals surface area contributed by atoms with Crippen molar-refractivity contribution in [2.24, 2.45) is 0 Å². The van der Waals surface area contributed by atoms with Crippen LogP contribution in [-0.4, -0.2) is 18.7 Å². The molecule has 0 spiro atoms. The third-order valence-electron chi connectivity index (χ3n) is 3.14. The van der Waals surface area contributed by atoms with Crippen molar-refractivity contribution in [2.45, 2.75) is 26.1 Å². The first kappa shape index (κ1) is 13.0. The van der Waals surface area contributed by atoms with Crippen molar-refractivity contribution < 1.29 is 8.42 Å². The predicted molar refractivity (Wildman–Crippen MR) is 75.2 cm³/mol. The van der Waals surface area contributed by atoms with Gasteiger partial charge in [-0.15, -0.1) is 0 Å². The highest BCUT2D eigenvalue weighted by atomic mass is 32.2. The fourth-order valence-corrected chi connectivity index (χ4v) is 3.01. The number of benzene rings is 1. The summed E-state index contributed by atoms with van der Waals surface area (Å²) >= 11 is 0. The Kier molecular flexibility index (Phi) is 3.34. The van der Waals surface area contributed by atoms with Gasteiger partial charge in [-0.1, -0.05) is 6.92 Å². The highest BCUT2D eigenvalue weighted by Gasteiger charge is 2.14. The third-order valence-corrected chi connectivity index (χ3v) is 4.77. The average molecular weight is 266 g/mol. The second-order valence-corrected chi connectivity index (χ2v) is 6.75. The van der Waals surface area contributed by atoms with Gasteiger partial charge >= 0.3 is 0 Å². The minimum Gasteiger partial charge on any atom is -0.399 e. The van der Waals surface area contributed by atoms with Crippen molar-refractivity contribution in [3.8, 4) is 0 Å². The summed E-state index contributed by atoms with van der Waals surface area (Å²) in [5, 5.41) is 0.939. The summed E-state index contributed by atoms with van der Waals surface area (Å²) in [5.74, 6) is 0.241. The lowest BCUT2D eigenvalue weighted by molar-refractivity contribution is 0.596. The minimum atomic E-state index is -3.03. The molecule has 0 amide bonds. The van der Waals surface area contributed by atoms with Crippen LogP contribution in [0.2, 0.25) is 0 Å². The summed E-state index contributed by atoms with van der Waals surface area (Å²) in [4.78, 5) is 0. The Morgan fingerprint density at radius 3 is 2.61 bits per heavy atom. The van der Waals surface area contributed by atoms with Crippen LogP contribution < -0.4 is 5.73 Å². The summed E-state index contributed by atoms with van der Waals surface area (Å²) < 4.78 is 25.6. The van der Waals surface area contributed by atoms with Crippen molar-refractivity contribution in [2.75, 3.05) is 11.5 Å². The average Bonchev–Trinajstić information content (AvgIpc) is 2.66. The molecule has 0 atom stereocenters. The highest BCUT2D eigenvalue weighted by molar-refractivity contribution is 7.90. The number of fused-ring (bicyclic) bond motifs is 1. The quantitative estimate of drug-likeness (QED) is 0.863. The maximum absolute atomic E-state index is 11.8. The monoisotopic (exact) mass is 266 g/mol. The Balaban J connectivity index is 2.60. The first-order valence-corrected chi connectivity index (χ1v) is 7.86. The molecule has 5 heteroatoms. The number of nitrogens with zero attached hydrogens (tertiary/aromatic N) is 1. The molecule has 0 radical (unpaired) electrons. The zero-order chi connectivity index (χ0) is 13.3. The molecule has 1 heterocycles. The molecule has 0 bridgehead atoms. The van der Waals surface area contributed by atoms with Crippen LogP contribution in [0.25, 0.3) is 10.9 Å². The van der Waals surface area contributed by atoms with Crippen LogP contribution in [0, 0.1) is 0 Å². The molecule has 0 saturated carbocycles. The van der Waals surface area contributed by atoms with Crippen LogP contribution in [0.4, 0.5) is 5.69 Å². The topological polar surface area (TPSA) is 65.1 Å². The molecule has 1 aromatic carbocycles. The lowest BCUT2D eigenvalue weighted by atomic mass is 10.2.